The molecule has 154 valence electrons. The zero-order valence-corrected chi connectivity index (χ0v) is 19.7. The third kappa shape index (κ3) is 8.82. The Morgan fingerprint density at radius 1 is 0.963 bits per heavy atom. The smallest absolute Gasteiger partial charge is 0.433 e. The number of benzene rings is 1. The fourth-order valence-corrected chi connectivity index (χ4v) is 4.35. The van der Waals surface area contributed by atoms with Gasteiger partial charge < -0.3 is 9.47 Å². The largest absolute Gasteiger partial charge is 0.508 e. The van der Waals surface area contributed by atoms with E-state index in [0.29, 0.717) is 6.61 Å². The van der Waals surface area contributed by atoms with Gasteiger partial charge in [0, 0.05) is 10.6 Å². The van der Waals surface area contributed by atoms with Crippen LogP contribution < -0.4 is 0 Å². The first-order valence-corrected chi connectivity index (χ1v) is 11.9. The monoisotopic (exact) mass is 412 g/mol. The highest BCUT2D eigenvalue weighted by atomic mass is 33.1. The number of hydrogen-bond donors (Lipinski definition) is 0. The van der Waals surface area contributed by atoms with Crippen LogP contribution in [0.4, 0.5) is 4.79 Å². The van der Waals surface area contributed by atoms with Gasteiger partial charge in [0.05, 0.1) is 0 Å². The van der Waals surface area contributed by atoms with E-state index in [-0.39, 0.29) is 28.8 Å². The van der Waals surface area contributed by atoms with Crippen LogP contribution in [-0.2, 0) is 9.47 Å². The van der Waals surface area contributed by atoms with Crippen LogP contribution >= 0.6 is 21.6 Å². The summed E-state index contributed by atoms with van der Waals surface area (Å²) < 4.78 is 11.2. The highest BCUT2D eigenvalue weighted by molar-refractivity contribution is 8.76. The van der Waals surface area contributed by atoms with Gasteiger partial charge in [-0.1, -0.05) is 95.2 Å². The molecule has 0 N–H and O–H groups in total. The molecule has 0 aliphatic heterocycles. The second-order valence-corrected chi connectivity index (χ2v) is 11.7. The van der Waals surface area contributed by atoms with Crippen molar-refractivity contribution in [3.8, 4) is 0 Å². The molecule has 1 rings (SSSR count). The maximum atomic E-state index is 12.3. The summed E-state index contributed by atoms with van der Waals surface area (Å²) in [5.74, 6) is 1.17. The molecule has 0 fully saturated rings. The SMILES string of the molecule is CC([C@H](OC(=O)OCCSSc1ccccc1)[C@@H](C)C(C)(C)C)C(C)(C)C. The van der Waals surface area contributed by atoms with Gasteiger partial charge in [-0.3, -0.25) is 0 Å². The van der Waals surface area contributed by atoms with E-state index in [2.05, 4.69) is 67.5 Å². The molecule has 0 amide bonds. The molecule has 0 aliphatic rings. The van der Waals surface area contributed by atoms with Gasteiger partial charge in [-0.15, -0.1) is 0 Å². The summed E-state index contributed by atoms with van der Waals surface area (Å²) in [5.41, 5.74) is 0.0965. The lowest BCUT2D eigenvalue weighted by Crippen LogP contribution is -2.42. The molecule has 5 heteroatoms. The third-order valence-electron chi connectivity index (χ3n) is 5.23. The summed E-state index contributed by atoms with van der Waals surface area (Å²) >= 11 is 0. The van der Waals surface area contributed by atoms with Crippen LogP contribution in [0.25, 0.3) is 0 Å². The second kappa shape index (κ2) is 10.7. The lowest BCUT2D eigenvalue weighted by Gasteiger charge is -2.41. The van der Waals surface area contributed by atoms with Crippen molar-refractivity contribution in [1.29, 1.82) is 0 Å². The summed E-state index contributed by atoms with van der Waals surface area (Å²) in [6.45, 7) is 17.8. The molecule has 0 bridgehead atoms. The topological polar surface area (TPSA) is 35.5 Å². The van der Waals surface area contributed by atoms with Crippen LogP contribution in [-0.4, -0.2) is 24.6 Å². The van der Waals surface area contributed by atoms with Gasteiger partial charge in [0.2, 0.25) is 0 Å². The summed E-state index contributed by atoms with van der Waals surface area (Å²) in [4.78, 5) is 13.5. The highest BCUT2D eigenvalue weighted by Crippen LogP contribution is 2.39. The van der Waals surface area contributed by atoms with Crippen molar-refractivity contribution < 1.29 is 14.3 Å². The maximum absolute atomic E-state index is 12.3. The van der Waals surface area contributed by atoms with E-state index in [0.717, 1.165) is 5.75 Å². The van der Waals surface area contributed by atoms with Gasteiger partial charge in [0.1, 0.15) is 12.7 Å². The van der Waals surface area contributed by atoms with Crippen LogP contribution in [0, 0.1) is 22.7 Å². The molecule has 3 nitrogen and oxygen atoms in total. The molecule has 0 aromatic heterocycles. The molecule has 1 unspecified atom stereocenters. The van der Waals surface area contributed by atoms with E-state index in [4.69, 9.17) is 9.47 Å². The van der Waals surface area contributed by atoms with Crippen LogP contribution in [0.2, 0.25) is 0 Å². The zero-order chi connectivity index (χ0) is 20.7. The Morgan fingerprint density at radius 3 is 1.96 bits per heavy atom. The minimum absolute atomic E-state index is 0.0482. The zero-order valence-electron chi connectivity index (χ0n) is 18.1. The molecule has 27 heavy (non-hydrogen) atoms. The van der Waals surface area contributed by atoms with Crippen LogP contribution in [0.15, 0.2) is 35.2 Å². The van der Waals surface area contributed by atoms with Gasteiger partial charge in [-0.25, -0.2) is 4.79 Å². The Kier molecular flexibility index (Phi) is 9.56. The Morgan fingerprint density at radius 2 is 1.48 bits per heavy atom. The Bertz CT molecular complexity index is 541. The minimum Gasteiger partial charge on any atom is -0.433 e. The number of hydrogen-bond acceptors (Lipinski definition) is 5. The van der Waals surface area contributed by atoms with E-state index < -0.39 is 6.16 Å². The maximum Gasteiger partial charge on any atom is 0.508 e. The predicted molar refractivity (Wildman–Crippen MR) is 118 cm³/mol. The summed E-state index contributed by atoms with van der Waals surface area (Å²) in [5, 5.41) is 0. The molecule has 3 atom stereocenters. The van der Waals surface area contributed by atoms with Gasteiger partial charge in [0.15, 0.2) is 0 Å². The van der Waals surface area contributed by atoms with Crippen LogP contribution in [0.5, 0.6) is 0 Å². The number of rotatable bonds is 8. The number of carbonyl (C=O) groups excluding carboxylic acids is 1. The molecule has 0 spiro atoms. The summed E-state index contributed by atoms with van der Waals surface area (Å²) in [6.07, 6.45) is -0.735. The molecular weight excluding hydrogens is 376 g/mol. The molecular formula is C22H36O3S2. The first kappa shape index (κ1) is 24.2. The summed E-state index contributed by atoms with van der Waals surface area (Å²) in [7, 11) is 3.36. The number of carbonyl (C=O) groups is 1. The standard InChI is InChI=1S/C22H36O3S2/c1-16(21(3,4)5)19(17(2)22(6,7)8)25-20(23)24-14-15-26-27-18-12-10-9-11-13-18/h9-13,16-17,19H,14-15H2,1-8H3/t16-,17?,19-/m1/s1. The molecule has 0 aliphatic carbocycles. The van der Waals surface area contributed by atoms with Gasteiger partial charge in [-0.05, 0) is 34.8 Å². The fraction of sp³-hybridized carbons (Fsp3) is 0.682. The van der Waals surface area contributed by atoms with Crippen LogP contribution in [0.3, 0.4) is 0 Å². The highest BCUT2D eigenvalue weighted by Gasteiger charge is 2.39. The first-order valence-electron chi connectivity index (χ1n) is 9.61. The summed E-state index contributed by atoms with van der Waals surface area (Å²) in [6, 6.07) is 10.2. The van der Waals surface area contributed by atoms with Crippen molar-refractivity contribution in [3.05, 3.63) is 30.3 Å². The molecule has 1 aromatic rings. The Labute approximate surface area is 173 Å². The minimum atomic E-state index is -0.558. The molecule has 0 heterocycles. The normalized spacial score (nSPS) is 15.7. The molecule has 0 saturated heterocycles. The van der Waals surface area contributed by atoms with E-state index >= 15 is 0 Å². The predicted octanol–water partition coefficient (Wildman–Crippen LogP) is 7.31. The average molecular weight is 413 g/mol. The van der Waals surface area contributed by atoms with Crippen molar-refractivity contribution >= 4 is 27.7 Å². The van der Waals surface area contributed by atoms with Crippen molar-refractivity contribution in [1.82, 2.24) is 0 Å². The number of ether oxygens (including phenoxy) is 2. The third-order valence-corrected chi connectivity index (χ3v) is 7.58. The van der Waals surface area contributed by atoms with Gasteiger partial charge in [-0.2, -0.15) is 0 Å². The molecule has 0 saturated carbocycles. The molecule has 1 aromatic carbocycles. The lowest BCUT2D eigenvalue weighted by atomic mass is 9.69. The van der Waals surface area contributed by atoms with Crippen molar-refractivity contribution in [2.75, 3.05) is 12.4 Å². The van der Waals surface area contributed by atoms with Crippen molar-refractivity contribution in [2.24, 2.45) is 22.7 Å². The van der Waals surface area contributed by atoms with Crippen molar-refractivity contribution in [3.63, 3.8) is 0 Å². The Balaban J connectivity index is 2.51. The average Bonchev–Trinajstić information content (AvgIpc) is 2.57. The van der Waals surface area contributed by atoms with Crippen molar-refractivity contribution in [2.45, 2.75) is 66.4 Å². The van der Waals surface area contributed by atoms with Gasteiger partial charge in [0.25, 0.3) is 0 Å². The van der Waals surface area contributed by atoms with E-state index in [9.17, 15) is 4.79 Å². The quantitative estimate of drug-likeness (QED) is 0.254. The van der Waals surface area contributed by atoms with E-state index in [1.807, 2.05) is 18.2 Å². The molecule has 0 radical (unpaired) electrons. The second-order valence-electron chi connectivity index (χ2n) is 9.21. The first-order chi connectivity index (χ1) is 12.4. The van der Waals surface area contributed by atoms with E-state index in [1.54, 1.807) is 21.6 Å². The lowest BCUT2D eigenvalue weighted by molar-refractivity contribution is -0.0600. The fourth-order valence-electron chi connectivity index (χ4n) is 2.51. The van der Waals surface area contributed by atoms with Crippen LogP contribution in [0.1, 0.15) is 55.4 Å². The Hall–Kier alpha value is -0.810. The van der Waals surface area contributed by atoms with Gasteiger partial charge >= 0.3 is 6.16 Å². The van der Waals surface area contributed by atoms with E-state index in [1.165, 1.54) is 4.90 Å².